The van der Waals surface area contributed by atoms with Crippen LogP contribution >= 0.6 is 11.6 Å². The Bertz CT molecular complexity index is 846. The van der Waals surface area contributed by atoms with Gasteiger partial charge < -0.3 is 15.4 Å². The summed E-state index contributed by atoms with van der Waals surface area (Å²) in [6.45, 7) is -0.162. The molecule has 0 atom stereocenters. The van der Waals surface area contributed by atoms with Gasteiger partial charge in [-0.1, -0.05) is 11.6 Å². The minimum Gasteiger partial charge on any atom is -0.467 e. The predicted octanol–water partition coefficient (Wildman–Crippen LogP) is 2.96. The molecule has 2 amide bonds. The van der Waals surface area contributed by atoms with E-state index in [0.29, 0.717) is 5.56 Å². The van der Waals surface area contributed by atoms with Gasteiger partial charge in [0.05, 0.1) is 0 Å². The van der Waals surface area contributed by atoms with Gasteiger partial charge in [-0.3, -0.25) is 9.59 Å². The topological polar surface area (TPSA) is 93.2 Å². The van der Waals surface area contributed by atoms with E-state index in [1.54, 1.807) is 0 Å². The quantitative estimate of drug-likeness (QED) is 0.775. The summed E-state index contributed by atoms with van der Waals surface area (Å²) in [4.78, 5) is 30.8. The number of anilines is 1. The fourth-order valence-corrected chi connectivity index (χ4v) is 2.17. The minimum atomic E-state index is -4.50. The average Bonchev–Trinajstić information content (AvgIpc) is 2.57. The third-order valence-corrected chi connectivity index (χ3v) is 3.29. The third-order valence-electron chi connectivity index (χ3n) is 3.02. The molecule has 2 rings (SSSR count). The molecule has 7 nitrogen and oxygen atoms in total. The van der Waals surface area contributed by atoms with Crippen LogP contribution in [0.4, 0.5) is 19.0 Å². The van der Waals surface area contributed by atoms with E-state index in [9.17, 15) is 22.8 Å². The van der Waals surface area contributed by atoms with Gasteiger partial charge in [-0.2, -0.15) is 13.2 Å². The van der Waals surface area contributed by atoms with Crippen molar-refractivity contribution in [3.8, 4) is 5.88 Å². The van der Waals surface area contributed by atoms with Crippen LogP contribution in [0, 0.1) is 0 Å². The smallest absolute Gasteiger partial charge is 0.422 e. The van der Waals surface area contributed by atoms with E-state index >= 15 is 0 Å². The van der Waals surface area contributed by atoms with Gasteiger partial charge in [-0.15, -0.1) is 0 Å². The Balaban J connectivity index is 1.97. The van der Waals surface area contributed by atoms with Gasteiger partial charge in [-0.25, -0.2) is 9.97 Å². The molecule has 0 spiro atoms. The van der Waals surface area contributed by atoms with Gasteiger partial charge in [0.2, 0.25) is 11.8 Å². The Morgan fingerprint density at radius 2 is 2.00 bits per heavy atom. The zero-order valence-corrected chi connectivity index (χ0v) is 14.7. The van der Waals surface area contributed by atoms with E-state index in [1.165, 1.54) is 37.5 Å². The van der Waals surface area contributed by atoms with Gasteiger partial charge in [0.1, 0.15) is 10.8 Å². The van der Waals surface area contributed by atoms with Crippen LogP contribution in [0.3, 0.4) is 0 Å². The second-order valence-electron chi connectivity index (χ2n) is 5.33. The number of nitrogens with one attached hydrogen (secondary N) is 2. The summed E-state index contributed by atoms with van der Waals surface area (Å²) in [5, 5.41) is 4.95. The molecule has 11 heteroatoms. The molecule has 0 unspecified atom stereocenters. The number of amides is 2. The van der Waals surface area contributed by atoms with Crippen molar-refractivity contribution < 1.29 is 27.5 Å². The van der Waals surface area contributed by atoms with Crippen LogP contribution in [0.25, 0.3) is 0 Å². The zero-order chi connectivity index (χ0) is 20.0. The number of carbonyl (C=O) groups excluding carboxylic acids is 2. The van der Waals surface area contributed by atoms with Crippen molar-refractivity contribution in [1.29, 1.82) is 0 Å². The number of nitrogens with zero attached hydrogens (tertiary/aromatic N) is 2. The zero-order valence-electron chi connectivity index (χ0n) is 13.9. The maximum absolute atomic E-state index is 12.2. The first-order valence-corrected chi connectivity index (χ1v) is 7.87. The van der Waals surface area contributed by atoms with E-state index in [0.717, 1.165) is 0 Å². The molecule has 0 aliphatic heterocycles. The highest BCUT2D eigenvalue weighted by Gasteiger charge is 2.29. The lowest BCUT2D eigenvalue weighted by molar-refractivity contribution is -0.154. The normalized spacial score (nSPS) is 11.0. The molecule has 2 aromatic rings. The van der Waals surface area contributed by atoms with Crippen LogP contribution < -0.4 is 15.4 Å². The molecule has 0 aliphatic carbocycles. The van der Waals surface area contributed by atoms with Gasteiger partial charge >= 0.3 is 6.18 Å². The van der Waals surface area contributed by atoms with E-state index in [-0.39, 0.29) is 34.7 Å². The van der Waals surface area contributed by atoms with E-state index in [1.807, 2.05) is 0 Å². The minimum absolute atomic E-state index is 0.0307. The van der Waals surface area contributed by atoms with Gasteiger partial charge in [0.25, 0.3) is 5.91 Å². The summed E-state index contributed by atoms with van der Waals surface area (Å²) in [6, 6.07) is 4.20. The number of aromatic nitrogens is 2. The Morgan fingerprint density at radius 1 is 1.26 bits per heavy atom. The van der Waals surface area contributed by atoms with Crippen molar-refractivity contribution in [3.63, 3.8) is 0 Å². The maximum Gasteiger partial charge on any atom is 0.422 e. The second-order valence-corrected chi connectivity index (χ2v) is 5.74. The number of ether oxygens (including phenoxy) is 1. The number of pyridine rings is 2. The number of carbonyl (C=O) groups is 2. The van der Waals surface area contributed by atoms with Crippen molar-refractivity contribution in [2.45, 2.75) is 19.6 Å². The molecule has 0 saturated heterocycles. The van der Waals surface area contributed by atoms with Gasteiger partial charge in [0.15, 0.2) is 6.61 Å². The van der Waals surface area contributed by atoms with Crippen LogP contribution in [-0.4, -0.2) is 34.6 Å². The fraction of sp³-hybridized carbons (Fsp3) is 0.250. The van der Waals surface area contributed by atoms with Crippen LogP contribution in [0.2, 0.25) is 5.02 Å². The summed E-state index contributed by atoms with van der Waals surface area (Å²) < 4.78 is 41.0. The largest absolute Gasteiger partial charge is 0.467 e. The van der Waals surface area contributed by atoms with Crippen LogP contribution in [0.1, 0.15) is 22.8 Å². The molecule has 0 aliphatic rings. The number of hydrogen-bond donors (Lipinski definition) is 2. The highest BCUT2D eigenvalue weighted by atomic mass is 35.5. The van der Waals surface area contributed by atoms with Crippen LogP contribution in [-0.2, 0) is 11.3 Å². The predicted molar refractivity (Wildman–Crippen MR) is 90.5 cm³/mol. The highest BCUT2D eigenvalue weighted by molar-refractivity contribution is 6.31. The fourth-order valence-electron chi connectivity index (χ4n) is 1.92. The molecular weight excluding hydrogens is 389 g/mol. The number of hydrogen-bond acceptors (Lipinski definition) is 5. The van der Waals surface area contributed by atoms with E-state index in [4.69, 9.17) is 11.6 Å². The summed E-state index contributed by atoms with van der Waals surface area (Å²) in [7, 11) is 0. The molecule has 0 saturated carbocycles. The Labute approximate surface area is 156 Å². The standard InChI is InChI=1S/C16H14ClF3N4O3/c1-9(25)24-13-5-11(2-3-21-13)14(26)22-6-10-4-12(17)15(23-7-10)27-8-16(18,19)20/h2-5,7H,6,8H2,1H3,(H,22,26)(H,21,24,25). The molecule has 0 bridgehead atoms. The molecule has 0 fully saturated rings. The molecule has 0 aromatic carbocycles. The molecule has 0 radical (unpaired) electrons. The Morgan fingerprint density at radius 3 is 2.63 bits per heavy atom. The van der Waals surface area contributed by atoms with Crippen LogP contribution in [0.5, 0.6) is 5.88 Å². The molecule has 27 heavy (non-hydrogen) atoms. The second kappa shape index (κ2) is 8.67. The number of halogens is 4. The van der Waals surface area contributed by atoms with Crippen molar-refractivity contribution in [3.05, 3.63) is 46.7 Å². The first-order chi connectivity index (χ1) is 12.6. The number of rotatable bonds is 6. The van der Waals surface area contributed by atoms with Gasteiger partial charge in [-0.05, 0) is 23.8 Å². The first kappa shape index (κ1) is 20.4. The first-order valence-electron chi connectivity index (χ1n) is 7.50. The third kappa shape index (κ3) is 6.74. The lowest BCUT2D eigenvalue weighted by Crippen LogP contribution is -2.23. The highest BCUT2D eigenvalue weighted by Crippen LogP contribution is 2.25. The average molecular weight is 403 g/mol. The van der Waals surface area contributed by atoms with Crippen molar-refractivity contribution in [2.75, 3.05) is 11.9 Å². The summed E-state index contributed by atoms with van der Waals surface area (Å²) in [5.74, 6) is -0.893. The maximum atomic E-state index is 12.2. The molecule has 2 heterocycles. The van der Waals surface area contributed by atoms with Crippen LogP contribution in [0.15, 0.2) is 30.6 Å². The van der Waals surface area contributed by atoms with Gasteiger partial charge in [0, 0.05) is 31.4 Å². The lowest BCUT2D eigenvalue weighted by Gasteiger charge is -2.11. The molecule has 2 N–H and O–H groups in total. The Kier molecular flexibility index (Phi) is 6.56. The van der Waals surface area contributed by atoms with E-state index in [2.05, 4.69) is 25.3 Å². The molecule has 2 aromatic heterocycles. The summed E-state index contributed by atoms with van der Waals surface area (Å²) in [5.41, 5.74) is 0.724. The van der Waals surface area contributed by atoms with E-state index < -0.39 is 18.7 Å². The monoisotopic (exact) mass is 402 g/mol. The Hall–Kier alpha value is -2.88. The summed E-state index contributed by atoms with van der Waals surface area (Å²) in [6.07, 6.45) is -1.89. The van der Waals surface area contributed by atoms with Crippen molar-refractivity contribution in [1.82, 2.24) is 15.3 Å². The lowest BCUT2D eigenvalue weighted by atomic mass is 10.2. The number of alkyl halides is 3. The van der Waals surface area contributed by atoms with Crippen molar-refractivity contribution >= 4 is 29.2 Å². The molecule has 144 valence electrons. The summed E-state index contributed by atoms with van der Waals surface area (Å²) >= 11 is 5.84. The molecular formula is C16H14ClF3N4O3. The van der Waals surface area contributed by atoms with Crippen molar-refractivity contribution in [2.24, 2.45) is 0 Å². The SMILES string of the molecule is CC(=O)Nc1cc(C(=O)NCc2cnc(OCC(F)(F)F)c(Cl)c2)ccn1.